The van der Waals surface area contributed by atoms with Crippen LogP contribution in [0.4, 0.5) is 8.78 Å². The smallest absolute Gasteiger partial charge is 0.129 e. The van der Waals surface area contributed by atoms with E-state index in [1.54, 1.807) is 0 Å². The summed E-state index contributed by atoms with van der Waals surface area (Å²) in [6, 6.07) is 4.00. The van der Waals surface area contributed by atoms with E-state index in [9.17, 15) is 8.78 Å². The second-order valence-corrected chi connectivity index (χ2v) is 5.95. The Morgan fingerprint density at radius 2 is 2.06 bits per heavy atom. The molecular weight excluding hydrogens is 252 g/mol. The van der Waals surface area contributed by atoms with Crippen molar-refractivity contribution in [3.63, 3.8) is 0 Å². The van der Waals surface area contributed by atoms with Crippen molar-refractivity contribution in [1.82, 2.24) is 5.32 Å². The summed E-state index contributed by atoms with van der Waals surface area (Å²) in [6.07, 6.45) is 1.72. The Kier molecular flexibility index (Phi) is 6.65. The summed E-state index contributed by atoms with van der Waals surface area (Å²) in [4.78, 5) is 0. The summed E-state index contributed by atoms with van der Waals surface area (Å²) in [5.74, 6) is -0.0440. The summed E-state index contributed by atoms with van der Waals surface area (Å²) in [6.45, 7) is 4.35. The van der Waals surface area contributed by atoms with Crippen LogP contribution < -0.4 is 5.32 Å². The van der Waals surface area contributed by atoms with Crippen molar-refractivity contribution in [1.29, 1.82) is 0 Å². The van der Waals surface area contributed by atoms with Crippen molar-refractivity contribution in [3.8, 4) is 0 Å². The zero-order valence-electron chi connectivity index (χ0n) is 11.2. The van der Waals surface area contributed by atoms with E-state index in [-0.39, 0.29) is 6.04 Å². The van der Waals surface area contributed by atoms with Crippen molar-refractivity contribution in [2.75, 3.05) is 12.8 Å². The molecular formula is C14H21F2NS. The van der Waals surface area contributed by atoms with Crippen LogP contribution in [0.15, 0.2) is 18.2 Å². The summed E-state index contributed by atoms with van der Waals surface area (Å²) in [5, 5.41) is 3.80. The lowest BCUT2D eigenvalue weighted by atomic mass is 10.1. The maximum absolute atomic E-state index is 13.5. The monoisotopic (exact) mass is 273 g/mol. The van der Waals surface area contributed by atoms with E-state index >= 15 is 0 Å². The van der Waals surface area contributed by atoms with Crippen LogP contribution in [0.25, 0.3) is 0 Å². The van der Waals surface area contributed by atoms with Gasteiger partial charge in [0.1, 0.15) is 11.6 Å². The summed E-state index contributed by atoms with van der Waals surface area (Å²) in [5.41, 5.74) is 0.570. The molecule has 0 spiro atoms. The quantitative estimate of drug-likeness (QED) is 0.814. The molecule has 0 aliphatic rings. The fourth-order valence-corrected chi connectivity index (χ4v) is 2.68. The van der Waals surface area contributed by atoms with E-state index in [0.717, 1.165) is 18.2 Å². The van der Waals surface area contributed by atoms with E-state index in [4.69, 9.17) is 0 Å². The second kappa shape index (κ2) is 7.74. The summed E-state index contributed by atoms with van der Waals surface area (Å²) < 4.78 is 26.3. The maximum atomic E-state index is 13.5. The van der Waals surface area contributed by atoms with Gasteiger partial charge in [-0.2, -0.15) is 11.8 Å². The van der Waals surface area contributed by atoms with Gasteiger partial charge in [-0.15, -0.1) is 0 Å². The number of nitrogens with one attached hydrogen (secondary N) is 1. The van der Waals surface area contributed by atoms with Crippen LogP contribution in [-0.2, 0) is 6.42 Å². The zero-order chi connectivity index (χ0) is 13.5. The Labute approximate surface area is 112 Å². The van der Waals surface area contributed by atoms with Crippen molar-refractivity contribution < 1.29 is 8.78 Å². The van der Waals surface area contributed by atoms with Gasteiger partial charge >= 0.3 is 0 Å². The number of hydrogen-bond acceptors (Lipinski definition) is 2. The molecule has 0 saturated heterocycles. The number of benzene rings is 1. The average Bonchev–Trinajstić information content (AvgIpc) is 2.36. The molecule has 1 rings (SSSR count). The van der Waals surface area contributed by atoms with Gasteiger partial charge in [0.15, 0.2) is 0 Å². The lowest BCUT2D eigenvalue weighted by Crippen LogP contribution is -2.31. The van der Waals surface area contributed by atoms with Crippen LogP contribution in [0.1, 0.15) is 25.8 Å². The summed E-state index contributed by atoms with van der Waals surface area (Å²) >= 11 is 1.88. The molecule has 1 aromatic carbocycles. The average molecular weight is 273 g/mol. The molecule has 2 atom stereocenters. The Balaban J connectivity index is 2.56. The Morgan fingerprint density at radius 3 is 2.61 bits per heavy atom. The Bertz CT molecular complexity index is 371. The molecule has 1 aromatic rings. The molecule has 0 bridgehead atoms. The molecule has 0 aliphatic carbocycles. The van der Waals surface area contributed by atoms with Gasteiger partial charge in [0.2, 0.25) is 0 Å². The van der Waals surface area contributed by atoms with Crippen molar-refractivity contribution >= 4 is 11.8 Å². The Morgan fingerprint density at radius 1 is 1.33 bits per heavy atom. The first-order chi connectivity index (χ1) is 8.56. The normalized spacial score (nSPS) is 14.5. The van der Waals surface area contributed by atoms with Crippen LogP contribution in [0.5, 0.6) is 0 Å². The highest BCUT2D eigenvalue weighted by atomic mass is 32.2. The molecule has 0 radical (unpaired) electrons. The maximum Gasteiger partial charge on any atom is 0.129 e. The largest absolute Gasteiger partial charge is 0.316 e. The highest BCUT2D eigenvalue weighted by Gasteiger charge is 2.12. The number of rotatable bonds is 7. The molecule has 0 aliphatic heterocycles. The summed E-state index contributed by atoms with van der Waals surface area (Å²) in [7, 11) is 1.88. The highest BCUT2D eigenvalue weighted by molar-refractivity contribution is 7.99. The first-order valence-electron chi connectivity index (χ1n) is 6.29. The van der Waals surface area contributed by atoms with Gasteiger partial charge in [-0.05, 0) is 31.5 Å². The molecule has 0 fully saturated rings. The number of thioether (sulfide) groups is 1. The van der Waals surface area contributed by atoms with Crippen LogP contribution in [-0.4, -0.2) is 24.1 Å². The minimum atomic E-state index is -0.522. The SMILES string of the molecule is CCC(C)SCC(Cc1ccc(F)cc1F)NC. The third kappa shape index (κ3) is 4.94. The predicted octanol–water partition coefficient (Wildman–Crippen LogP) is 3.63. The van der Waals surface area contributed by atoms with E-state index in [2.05, 4.69) is 19.2 Å². The molecule has 0 saturated carbocycles. The zero-order valence-corrected chi connectivity index (χ0v) is 12.0. The van der Waals surface area contributed by atoms with Crippen LogP contribution in [0.3, 0.4) is 0 Å². The molecule has 0 amide bonds. The molecule has 1 nitrogen and oxygen atoms in total. The van der Waals surface area contributed by atoms with Crippen molar-refractivity contribution in [2.45, 2.75) is 38.0 Å². The van der Waals surface area contributed by atoms with E-state index in [1.807, 2.05) is 18.8 Å². The first kappa shape index (κ1) is 15.4. The number of hydrogen-bond donors (Lipinski definition) is 1. The molecule has 4 heteroatoms. The van der Waals surface area contributed by atoms with Gasteiger partial charge in [0.05, 0.1) is 0 Å². The van der Waals surface area contributed by atoms with E-state index < -0.39 is 11.6 Å². The second-order valence-electron chi connectivity index (χ2n) is 4.48. The van der Waals surface area contributed by atoms with Crippen molar-refractivity contribution in [2.24, 2.45) is 0 Å². The fourth-order valence-electron chi connectivity index (χ4n) is 1.60. The van der Waals surface area contributed by atoms with Gasteiger partial charge in [-0.1, -0.05) is 19.9 Å². The first-order valence-corrected chi connectivity index (χ1v) is 7.34. The topological polar surface area (TPSA) is 12.0 Å². The minimum Gasteiger partial charge on any atom is -0.316 e. The fraction of sp³-hybridized carbons (Fsp3) is 0.571. The van der Waals surface area contributed by atoms with E-state index in [1.165, 1.54) is 12.1 Å². The third-order valence-electron chi connectivity index (χ3n) is 3.05. The third-order valence-corrected chi connectivity index (χ3v) is 4.54. The van der Waals surface area contributed by atoms with Gasteiger partial charge in [-0.3, -0.25) is 0 Å². The molecule has 18 heavy (non-hydrogen) atoms. The molecule has 1 N–H and O–H groups in total. The van der Waals surface area contributed by atoms with E-state index in [0.29, 0.717) is 17.2 Å². The van der Waals surface area contributed by atoms with Gasteiger partial charge in [0, 0.05) is 23.1 Å². The molecule has 2 unspecified atom stereocenters. The standard InChI is InChI=1S/C14H21F2NS/c1-4-10(2)18-9-13(17-3)7-11-5-6-12(15)8-14(11)16/h5-6,8,10,13,17H,4,7,9H2,1-3H3. The van der Waals surface area contributed by atoms with Gasteiger partial charge < -0.3 is 5.32 Å². The van der Waals surface area contributed by atoms with Gasteiger partial charge in [-0.25, -0.2) is 8.78 Å². The lowest BCUT2D eigenvalue weighted by Gasteiger charge is -2.18. The molecule has 102 valence electrons. The minimum absolute atomic E-state index is 0.212. The van der Waals surface area contributed by atoms with Crippen LogP contribution >= 0.6 is 11.8 Å². The van der Waals surface area contributed by atoms with Crippen molar-refractivity contribution in [3.05, 3.63) is 35.4 Å². The molecule has 0 aromatic heterocycles. The predicted molar refractivity (Wildman–Crippen MR) is 75.1 cm³/mol. The highest BCUT2D eigenvalue weighted by Crippen LogP contribution is 2.18. The van der Waals surface area contributed by atoms with Crippen LogP contribution in [0.2, 0.25) is 0 Å². The van der Waals surface area contributed by atoms with Crippen LogP contribution in [0, 0.1) is 11.6 Å². The number of halogens is 2. The Hall–Kier alpha value is -0.610. The molecule has 0 heterocycles. The van der Waals surface area contributed by atoms with Gasteiger partial charge in [0.25, 0.3) is 0 Å². The number of likely N-dealkylation sites (N-methyl/N-ethyl adjacent to an activating group) is 1. The lowest BCUT2D eigenvalue weighted by molar-refractivity contribution is 0.549.